The summed E-state index contributed by atoms with van der Waals surface area (Å²) >= 11 is 4.47. The molecule has 102 valence electrons. The van der Waals surface area contributed by atoms with E-state index >= 15 is 0 Å². The molecule has 8 heteroatoms. The van der Waals surface area contributed by atoms with Crippen LogP contribution in [0.15, 0.2) is 15.1 Å². The molecule has 0 fully saturated rings. The summed E-state index contributed by atoms with van der Waals surface area (Å²) in [4.78, 5) is 20.2. The number of nitrogens with two attached hydrogens (primary N) is 1. The lowest BCUT2D eigenvalue weighted by Crippen LogP contribution is -2.25. The second kappa shape index (κ2) is 6.88. The second-order valence-electron chi connectivity index (χ2n) is 3.74. The lowest BCUT2D eigenvalue weighted by atomic mass is 10.2. The monoisotopic (exact) mass is 314 g/mol. The van der Waals surface area contributed by atoms with Crippen LogP contribution in [0.3, 0.4) is 0 Å². The molecule has 0 atom stereocenters. The number of nitrogens with one attached hydrogen (secondary N) is 1. The Morgan fingerprint density at radius 2 is 2.26 bits per heavy atom. The van der Waals surface area contributed by atoms with Crippen molar-refractivity contribution >= 4 is 45.5 Å². The number of nitrogens with zero attached hydrogens (tertiary/aromatic N) is 2. The topological polar surface area (TPSA) is 80.9 Å². The highest BCUT2D eigenvalue weighted by Crippen LogP contribution is 2.19. The molecule has 2 heterocycles. The summed E-state index contributed by atoms with van der Waals surface area (Å²) < 4.78 is 0.906. The Morgan fingerprint density at radius 3 is 2.89 bits per heavy atom. The van der Waals surface area contributed by atoms with Crippen LogP contribution in [-0.2, 0) is 6.42 Å². The molecule has 0 unspecified atom stereocenters. The highest BCUT2D eigenvalue weighted by Gasteiger charge is 2.09. The van der Waals surface area contributed by atoms with E-state index in [0.29, 0.717) is 17.4 Å². The van der Waals surface area contributed by atoms with Crippen LogP contribution in [0.2, 0.25) is 0 Å². The van der Waals surface area contributed by atoms with Crippen molar-refractivity contribution in [3.05, 3.63) is 22.1 Å². The van der Waals surface area contributed by atoms with Gasteiger partial charge in [-0.05, 0) is 19.1 Å². The standard InChI is InChI=1S/C11H14N4OS3/c1-17-11-15-8(6-19-11)9(16)13-4-2-3-7-5-18-10(12)14-7/h5-6H,2-4H2,1H3,(H2,12,14)(H,13,16). The van der Waals surface area contributed by atoms with Crippen molar-refractivity contribution in [3.8, 4) is 0 Å². The number of hydrogen-bond donors (Lipinski definition) is 2. The SMILES string of the molecule is CSc1nc(C(=O)NCCCc2csc(N)n2)cs1. The molecule has 0 saturated carbocycles. The first-order valence-corrected chi connectivity index (χ1v) is 8.65. The third kappa shape index (κ3) is 4.19. The molecule has 0 aliphatic heterocycles. The Bertz CT molecular complexity index is 552. The van der Waals surface area contributed by atoms with Crippen molar-refractivity contribution < 1.29 is 4.79 Å². The highest BCUT2D eigenvalue weighted by atomic mass is 32.2. The quantitative estimate of drug-likeness (QED) is 0.631. The number of carbonyl (C=O) groups excluding carboxylic acids is 1. The third-order valence-corrected chi connectivity index (χ3v) is 4.94. The Balaban J connectivity index is 1.72. The first kappa shape index (κ1) is 14.3. The fourth-order valence-corrected chi connectivity index (χ4v) is 3.29. The van der Waals surface area contributed by atoms with E-state index in [-0.39, 0.29) is 5.91 Å². The Kier molecular flexibility index (Phi) is 5.17. The van der Waals surface area contributed by atoms with E-state index in [4.69, 9.17) is 5.73 Å². The molecule has 19 heavy (non-hydrogen) atoms. The van der Waals surface area contributed by atoms with Crippen molar-refractivity contribution in [2.45, 2.75) is 17.2 Å². The van der Waals surface area contributed by atoms with E-state index in [1.807, 2.05) is 11.6 Å². The highest BCUT2D eigenvalue weighted by molar-refractivity contribution is 8.00. The number of nitrogen functional groups attached to an aromatic ring is 1. The van der Waals surface area contributed by atoms with E-state index < -0.39 is 0 Å². The molecule has 2 aromatic rings. The van der Waals surface area contributed by atoms with Crippen LogP contribution >= 0.6 is 34.4 Å². The molecular weight excluding hydrogens is 300 g/mol. The average molecular weight is 314 g/mol. The van der Waals surface area contributed by atoms with Crippen LogP contribution in [0.4, 0.5) is 5.13 Å². The van der Waals surface area contributed by atoms with Crippen LogP contribution in [-0.4, -0.2) is 28.7 Å². The molecule has 3 N–H and O–H groups in total. The van der Waals surface area contributed by atoms with Gasteiger partial charge in [0.2, 0.25) is 0 Å². The predicted molar refractivity (Wildman–Crippen MR) is 81.1 cm³/mol. The van der Waals surface area contributed by atoms with Gasteiger partial charge in [0, 0.05) is 17.3 Å². The number of thiazole rings is 2. The number of hydrogen-bond acceptors (Lipinski definition) is 7. The van der Waals surface area contributed by atoms with Crippen LogP contribution in [0.1, 0.15) is 22.6 Å². The first-order chi connectivity index (χ1) is 9.19. The molecule has 0 aliphatic carbocycles. The fraction of sp³-hybridized carbons (Fsp3) is 0.364. The molecule has 2 rings (SSSR count). The number of rotatable bonds is 6. The van der Waals surface area contributed by atoms with Gasteiger partial charge in [-0.2, -0.15) is 0 Å². The summed E-state index contributed by atoms with van der Waals surface area (Å²) in [5.41, 5.74) is 7.03. The van der Waals surface area contributed by atoms with Gasteiger partial charge in [0.25, 0.3) is 5.91 Å². The molecule has 2 aromatic heterocycles. The van der Waals surface area contributed by atoms with Gasteiger partial charge in [-0.15, -0.1) is 22.7 Å². The number of aromatic nitrogens is 2. The van der Waals surface area contributed by atoms with Gasteiger partial charge in [-0.25, -0.2) is 9.97 Å². The molecule has 5 nitrogen and oxygen atoms in total. The smallest absolute Gasteiger partial charge is 0.270 e. The number of thioether (sulfide) groups is 1. The zero-order valence-corrected chi connectivity index (χ0v) is 12.8. The Labute approximate surface area is 123 Å². The minimum atomic E-state index is -0.116. The molecule has 0 aliphatic rings. The summed E-state index contributed by atoms with van der Waals surface area (Å²) in [5, 5.41) is 7.17. The average Bonchev–Trinajstić information content (AvgIpc) is 3.03. The van der Waals surface area contributed by atoms with E-state index in [0.717, 1.165) is 22.9 Å². The maximum atomic E-state index is 11.8. The summed E-state index contributed by atoms with van der Waals surface area (Å²) in [7, 11) is 0. The van der Waals surface area contributed by atoms with Crippen molar-refractivity contribution in [2.24, 2.45) is 0 Å². The number of anilines is 1. The van der Waals surface area contributed by atoms with Crippen LogP contribution in [0, 0.1) is 0 Å². The minimum Gasteiger partial charge on any atom is -0.375 e. The van der Waals surface area contributed by atoms with Crippen LogP contribution in [0.25, 0.3) is 0 Å². The molecule has 0 bridgehead atoms. The number of carbonyl (C=O) groups is 1. The van der Waals surface area contributed by atoms with E-state index in [1.165, 1.54) is 22.7 Å². The number of aryl methyl sites for hydroxylation is 1. The van der Waals surface area contributed by atoms with Gasteiger partial charge in [0.15, 0.2) is 5.13 Å². The van der Waals surface area contributed by atoms with Gasteiger partial charge >= 0.3 is 0 Å². The zero-order valence-electron chi connectivity index (χ0n) is 10.4. The van der Waals surface area contributed by atoms with Gasteiger partial charge in [0.1, 0.15) is 10.0 Å². The maximum absolute atomic E-state index is 11.8. The molecular formula is C11H14N4OS3. The summed E-state index contributed by atoms with van der Waals surface area (Å²) in [6.45, 7) is 0.613. The molecule has 1 amide bonds. The van der Waals surface area contributed by atoms with Crippen LogP contribution in [0.5, 0.6) is 0 Å². The lowest BCUT2D eigenvalue weighted by molar-refractivity contribution is 0.0948. The summed E-state index contributed by atoms with van der Waals surface area (Å²) in [6, 6.07) is 0. The zero-order chi connectivity index (χ0) is 13.7. The Morgan fingerprint density at radius 1 is 1.42 bits per heavy atom. The van der Waals surface area contributed by atoms with Gasteiger partial charge in [-0.3, -0.25) is 4.79 Å². The van der Waals surface area contributed by atoms with Gasteiger partial charge in [-0.1, -0.05) is 11.8 Å². The van der Waals surface area contributed by atoms with Crippen molar-refractivity contribution in [3.63, 3.8) is 0 Å². The van der Waals surface area contributed by atoms with Gasteiger partial charge in [0.05, 0.1) is 5.69 Å². The number of amides is 1. The van der Waals surface area contributed by atoms with Crippen molar-refractivity contribution in [1.29, 1.82) is 0 Å². The maximum Gasteiger partial charge on any atom is 0.270 e. The first-order valence-electron chi connectivity index (χ1n) is 5.66. The molecule has 0 spiro atoms. The minimum absolute atomic E-state index is 0.116. The van der Waals surface area contributed by atoms with E-state index in [9.17, 15) is 4.79 Å². The summed E-state index contributed by atoms with van der Waals surface area (Å²) in [6.07, 6.45) is 3.61. The van der Waals surface area contributed by atoms with E-state index in [2.05, 4.69) is 15.3 Å². The summed E-state index contributed by atoms with van der Waals surface area (Å²) in [5.74, 6) is -0.116. The van der Waals surface area contributed by atoms with Crippen LogP contribution < -0.4 is 11.1 Å². The van der Waals surface area contributed by atoms with E-state index in [1.54, 1.807) is 17.1 Å². The second-order valence-corrected chi connectivity index (χ2v) is 6.54. The molecule has 0 radical (unpaired) electrons. The normalized spacial score (nSPS) is 10.6. The largest absolute Gasteiger partial charge is 0.375 e. The predicted octanol–water partition coefficient (Wildman–Crippen LogP) is 2.27. The van der Waals surface area contributed by atoms with Crippen molar-refractivity contribution in [1.82, 2.24) is 15.3 Å². The Hall–Kier alpha value is -1.12. The fourth-order valence-electron chi connectivity index (χ4n) is 1.45. The van der Waals surface area contributed by atoms with Gasteiger partial charge < -0.3 is 11.1 Å². The molecule has 0 saturated heterocycles. The lowest BCUT2D eigenvalue weighted by Gasteiger charge is -2.01. The third-order valence-electron chi connectivity index (χ3n) is 2.36. The van der Waals surface area contributed by atoms with Crippen molar-refractivity contribution in [2.75, 3.05) is 18.5 Å². The molecule has 0 aromatic carbocycles.